The molecule has 0 amide bonds. The lowest BCUT2D eigenvalue weighted by Crippen LogP contribution is -2.46. The highest BCUT2D eigenvalue weighted by Gasteiger charge is 2.28. The number of H-pyrrole nitrogens is 1. The maximum absolute atomic E-state index is 6.45. The monoisotopic (exact) mass is 230 g/mol. The van der Waals surface area contributed by atoms with Gasteiger partial charge in [0.25, 0.3) is 0 Å². The van der Waals surface area contributed by atoms with Gasteiger partial charge in [0.1, 0.15) is 0 Å². The molecule has 0 atom stereocenters. The van der Waals surface area contributed by atoms with Crippen LogP contribution in [0.25, 0.3) is 10.9 Å². The molecule has 2 aromatic rings. The van der Waals surface area contributed by atoms with Crippen molar-refractivity contribution in [1.82, 2.24) is 4.98 Å². The third-order valence-corrected chi connectivity index (χ3v) is 3.71. The third kappa shape index (κ3) is 2.08. The van der Waals surface area contributed by atoms with Gasteiger partial charge in [-0.25, -0.2) is 0 Å². The Hall–Kier alpha value is -1.32. The van der Waals surface area contributed by atoms with E-state index in [9.17, 15) is 0 Å². The lowest BCUT2D eigenvalue weighted by atomic mass is 9.85. The van der Waals surface area contributed by atoms with E-state index in [2.05, 4.69) is 35.4 Å². The molecule has 0 unspecified atom stereocenters. The number of aromatic amines is 1. The summed E-state index contributed by atoms with van der Waals surface area (Å²) >= 11 is 0. The first-order valence-corrected chi connectivity index (χ1v) is 6.18. The number of ether oxygens (including phenoxy) is 1. The minimum absolute atomic E-state index is 0.0940. The van der Waals surface area contributed by atoms with Crippen molar-refractivity contribution >= 4 is 10.9 Å². The molecule has 3 heteroatoms. The number of benzene rings is 1. The van der Waals surface area contributed by atoms with Crippen LogP contribution in [0.5, 0.6) is 0 Å². The SMILES string of the molecule is NC1(Cc2c[nH]c3ccccc23)CCOCC1. The molecule has 2 heterocycles. The van der Waals surface area contributed by atoms with Gasteiger partial charge in [0.15, 0.2) is 0 Å². The summed E-state index contributed by atoms with van der Waals surface area (Å²) in [5.74, 6) is 0. The molecule has 0 saturated carbocycles. The summed E-state index contributed by atoms with van der Waals surface area (Å²) in [5.41, 5.74) is 8.87. The van der Waals surface area contributed by atoms with E-state index in [0.29, 0.717) is 0 Å². The first-order valence-electron chi connectivity index (χ1n) is 6.18. The van der Waals surface area contributed by atoms with Crippen LogP contribution in [0.4, 0.5) is 0 Å². The van der Waals surface area contributed by atoms with Crippen molar-refractivity contribution in [3.05, 3.63) is 36.0 Å². The second-order valence-electron chi connectivity index (χ2n) is 5.01. The van der Waals surface area contributed by atoms with Crippen LogP contribution in [0.15, 0.2) is 30.5 Å². The molecule has 3 nitrogen and oxygen atoms in total. The third-order valence-electron chi connectivity index (χ3n) is 3.71. The quantitative estimate of drug-likeness (QED) is 0.831. The first kappa shape index (κ1) is 10.8. The first-order chi connectivity index (χ1) is 8.27. The zero-order valence-corrected chi connectivity index (χ0v) is 9.91. The molecule has 0 spiro atoms. The van der Waals surface area contributed by atoms with Crippen LogP contribution in [0.2, 0.25) is 0 Å². The van der Waals surface area contributed by atoms with Gasteiger partial charge < -0.3 is 15.5 Å². The van der Waals surface area contributed by atoms with E-state index < -0.39 is 0 Å². The fourth-order valence-corrected chi connectivity index (χ4v) is 2.61. The van der Waals surface area contributed by atoms with Gasteiger partial charge in [0, 0.05) is 35.9 Å². The Labute approximate surface area is 101 Å². The summed E-state index contributed by atoms with van der Waals surface area (Å²) in [6.45, 7) is 1.58. The molecule has 0 radical (unpaired) electrons. The minimum atomic E-state index is -0.0940. The van der Waals surface area contributed by atoms with Crippen LogP contribution >= 0.6 is 0 Å². The molecule has 3 N–H and O–H groups in total. The van der Waals surface area contributed by atoms with Crippen LogP contribution in [0.3, 0.4) is 0 Å². The predicted octanol–water partition coefficient (Wildman–Crippen LogP) is 2.22. The van der Waals surface area contributed by atoms with Crippen LogP contribution in [0.1, 0.15) is 18.4 Å². The number of hydrogen-bond acceptors (Lipinski definition) is 2. The van der Waals surface area contributed by atoms with Gasteiger partial charge in [-0.1, -0.05) is 18.2 Å². The number of rotatable bonds is 2. The van der Waals surface area contributed by atoms with Crippen molar-refractivity contribution in [2.45, 2.75) is 24.8 Å². The van der Waals surface area contributed by atoms with Crippen LogP contribution in [0, 0.1) is 0 Å². The second-order valence-corrected chi connectivity index (χ2v) is 5.01. The lowest BCUT2D eigenvalue weighted by Gasteiger charge is -2.33. The van der Waals surface area contributed by atoms with E-state index in [1.807, 2.05) is 0 Å². The highest BCUT2D eigenvalue weighted by Crippen LogP contribution is 2.26. The van der Waals surface area contributed by atoms with Gasteiger partial charge >= 0.3 is 0 Å². The molecular weight excluding hydrogens is 212 g/mol. The highest BCUT2D eigenvalue weighted by molar-refractivity contribution is 5.83. The number of aromatic nitrogens is 1. The number of nitrogens with one attached hydrogen (secondary N) is 1. The fraction of sp³-hybridized carbons (Fsp3) is 0.429. The van der Waals surface area contributed by atoms with Crippen molar-refractivity contribution in [2.75, 3.05) is 13.2 Å². The molecule has 3 rings (SSSR count). The maximum Gasteiger partial charge on any atom is 0.0483 e. The van der Waals surface area contributed by atoms with Crippen molar-refractivity contribution < 1.29 is 4.74 Å². The molecule has 1 aliphatic heterocycles. The zero-order chi connectivity index (χ0) is 11.7. The summed E-state index contributed by atoms with van der Waals surface area (Å²) in [7, 11) is 0. The van der Waals surface area contributed by atoms with Gasteiger partial charge in [0.2, 0.25) is 0 Å². The summed E-state index contributed by atoms with van der Waals surface area (Å²) in [6, 6.07) is 8.39. The molecule has 1 aromatic heterocycles. The molecule has 1 saturated heterocycles. The van der Waals surface area contributed by atoms with E-state index in [4.69, 9.17) is 10.5 Å². The van der Waals surface area contributed by atoms with Crippen LogP contribution in [-0.4, -0.2) is 23.7 Å². The van der Waals surface area contributed by atoms with Crippen LogP contribution < -0.4 is 5.73 Å². The van der Waals surface area contributed by atoms with Crippen molar-refractivity contribution in [3.63, 3.8) is 0 Å². The Bertz CT molecular complexity index is 512. The molecular formula is C14H18N2O. The van der Waals surface area contributed by atoms with E-state index in [-0.39, 0.29) is 5.54 Å². The number of nitrogens with two attached hydrogens (primary N) is 1. The average molecular weight is 230 g/mol. The predicted molar refractivity (Wildman–Crippen MR) is 69.0 cm³/mol. The summed E-state index contributed by atoms with van der Waals surface area (Å²) in [6.07, 6.45) is 4.92. The molecule has 17 heavy (non-hydrogen) atoms. The van der Waals surface area contributed by atoms with Gasteiger partial charge in [-0.3, -0.25) is 0 Å². The summed E-state index contributed by atoms with van der Waals surface area (Å²) < 4.78 is 5.38. The lowest BCUT2D eigenvalue weighted by molar-refractivity contribution is 0.0534. The summed E-state index contributed by atoms with van der Waals surface area (Å²) in [5, 5.41) is 1.30. The standard InChI is InChI=1S/C14H18N2O/c15-14(5-7-17-8-6-14)9-11-10-16-13-4-2-1-3-12(11)13/h1-4,10,16H,5-9,15H2. The minimum Gasteiger partial charge on any atom is -0.381 e. The Morgan fingerprint density at radius 1 is 1.24 bits per heavy atom. The average Bonchev–Trinajstić information content (AvgIpc) is 2.73. The van der Waals surface area contributed by atoms with E-state index >= 15 is 0 Å². The number of hydrogen-bond donors (Lipinski definition) is 2. The Morgan fingerprint density at radius 2 is 2.00 bits per heavy atom. The normalized spacial score (nSPS) is 19.6. The molecule has 90 valence electrons. The Balaban J connectivity index is 1.89. The Morgan fingerprint density at radius 3 is 2.82 bits per heavy atom. The fourth-order valence-electron chi connectivity index (χ4n) is 2.61. The highest BCUT2D eigenvalue weighted by atomic mass is 16.5. The van der Waals surface area contributed by atoms with Gasteiger partial charge in [0.05, 0.1) is 0 Å². The second kappa shape index (κ2) is 4.17. The smallest absolute Gasteiger partial charge is 0.0483 e. The van der Waals surface area contributed by atoms with Crippen molar-refractivity contribution in [2.24, 2.45) is 5.73 Å². The van der Waals surface area contributed by atoms with E-state index in [0.717, 1.165) is 32.5 Å². The maximum atomic E-state index is 6.45. The molecule has 0 bridgehead atoms. The molecule has 0 aliphatic carbocycles. The van der Waals surface area contributed by atoms with Gasteiger partial charge in [-0.2, -0.15) is 0 Å². The largest absolute Gasteiger partial charge is 0.381 e. The number of fused-ring (bicyclic) bond motifs is 1. The molecule has 1 fully saturated rings. The topological polar surface area (TPSA) is 51.0 Å². The van der Waals surface area contributed by atoms with Crippen LogP contribution in [-0.2, 0) is 11.2 Å². The van der Waals surface area contributed by atoms with E-state index in [1.54, 1.807) is 0 Å². The van der Waals surface area contributed by atoms with Gasteiger partial charge in [-0.15, -0.1) is 0 Å². The zero-order valence-electron chi connectivity index (χ0n) is 9.91. The Kier molecular flexibility index (Phi) is 2.65. The number of para-hydroxylation sites is 1. The van der Waals surface area contributed by atoms with E-state index in [1.165, 1.54) is 16.5 Å². The van der Waals surface area contributed by atoms with Crippen molar-refractivity contribution in [3.8, 4) is 0 Å². The molecule has 1 aliphatic rings. The molecule has 1 aromatic carbocycles. The van der Waals surface area contributed by atoms with Gasteiger partial charge in [-0.05, 0) is 30.9 Å². The van der Waals surface area contributed by atoms with Crippen molar-refractivity contribution in [1.29, 1.82) is 0 Å². The summed E-state index contributed by atoms with van der Waals surface area (Å²) in [4.78, 5) is 3.31.